The molecule has 0 aromatic heterocycles. The fourth-order valence-electron chi connectivity index (χ4n) is 1.73. The van der Waals surface area contributed by atoms with Gasteiger partial charge < -0.3 is 10.4 Å². The minimum absolute atomic E-state index is 0.0269. The number of thiocarbonyl (C=S) groups is 1. The Morgan fingerprint density at radius 2 is 1.52 bits per heavy atom. The lowest BCUT2D eigenvalue weighted by Gasteiger charge is -2.16. The van der Waals surface area contributed by atoms with E-state index in [0.29, 0.717) is 12.1 Å². The first-order chi connectivity index (χ1) is 11.3. The number of aliphatic hydroxyl groups is 1. The number of hydrogen-bond acceptors (Lipinski definition) is 3. The van der Waals surface area contributed by atoms with Gasteiger partial charge in [0.25, 0.3) is 0 Å². The van der Waals surface area contributed by atoms with E-state index in [4.69, 9.17) is 17.5 Å². The highest BCUT2D eigenvalue weighted by Gasteiger charge is 2.37. The summed E-state index contributed by atoms with van der Waals surface area (Å²) in [5.74, 6) is -0.940. The molecule has 0 unspecified atom stereocenters. The maximum absolute atomic E-state index is 12.8. The molecule has 3 nitrogen and oxygen atoms in total. The number of nitriles is 1. The average molecular weight is 382 g/mol. The highest BCUT2D eigenvalue weighted by atomic mass is 32.1. The molecule has 0 saturated heterocycles. The maximum atomic E-state index is 12.8. The van der Waals surface area contributed by atoms with Crippen LogP contribution in [0.4, 0.5) is 32.0 Å². The van der Waals surface area contributed by atoms with E-state index >= 15 is 0 Å². The second kappa shape index (κ2) is 7.31. The van der Waals surface area contributed by atoms with Gasteiger partial charge in [-0.25, -0.2) is 0 Å². The van der Waals surface area contributed by atoms with Crippen LogP contribution in [0, 0.1) is 17.2 Å². The normalized spacial score (nSPS) is 13.3. The van der Waals surface area contributed by atoms with Crippen LogP contribution in [0.3, 0.4) is 0 Å². The standard InChI is InChI=1S/C15H12F6N2OS/c1-7(2)12(24)11(6-22)13(25)23-10-4-8(14(16,17)18)3-9(5-10)15(19,20)21/h3-5,7,24H,1-2H3,(H,23,25)/b12-11-. The number of allylic oxidation sites excluding steroid dienone is 1. The van der Waals surface area contributed by atoms with Gasteiger partial charge in [0.1, 0.15) is 22.4 Å². The lowest BCUT2D eigenvalue weighted by molar-refractivity contribution is -0.143. The van der Waals surface area contributed by atoms with Crippen molar-refractivity contribution in [1.82, 2.24) is 0 Å². The number of alkyl halides is 6. The lowest BCUT2D eigenvalue weighted by atomic mass is 10.1. The molecule has 0 spiro atoms. The number of anilines is 1. The Labute approximate surface area is 144 Å². The van der Waals surface area contributed by atoms with Crippen LogP contribution in [-0.2, 0) is 12.4 Å². The van der Waals surface area contributed by atoms with Crippen molar-refractivity contribution in [3.8, 4) is 6.07 Å². The summed E-state index contributed by atoms with van der Waals surface area (Å²) >= 11 is 4.81. The smallest absolute Gasteiger partial charge is 0.416 e. The molecule has 0 saturated carbocycles. The van der Waals surface area contributed by atoms with E-state index in [-0.39, 0.29) is 6.07 Å². The first kappa shape index (κ1) is 20.8. The van der Waals surface area contributed by atoms with Crippen LogP contribution in [0.25, 0.3) is 0 Å². The minimum atomic E-state index is -5.01. The van der Waals surface area contributed by atoms with Gasteiger partial charge in [0.05, 0.1) is 11.1 Å². The molecule has 0 radical (unpaired) electrons. The quantitative estimate of drug-likeness (QED) is 0.240. The van der Waals surface area contributed by atoms with Crippen LogP contribution < -0.4 is 5.32 Å². The van der Waals surface area contributed by atoms with Crippen molar-refractivity contribution in [2.24, 2.45) is 5.92 Å². The van der Waals surface area contributed by atoms with Crippen LogP contribution in [0.2, 0.25) is 0 Å². The monoisotopic (exact) mass is 382 g/mol. The number of halogens is 6. The van der Waals surface area contributed by atoms with E-state index in [1.165, 1.54) is 13.8 Å². The van der Waals surface area contributed by atoms with Gasteiger partial charge >= 0.3 is 12.4 Å². The van der Waals surface area contributed by atoms with E-state index in [1.807, 2.05) is 0 Å². The summed E-state index contributed by atoms with van der Waals surface area (Å²) in [4.78, 5) is -0.485. The summed E-state index contributed by atoms with van der Waals surface area (Å²) < 4.78 is 76.8. The minimum Gasteiger partial charge on any atom is -0.511 e. The van der Waals surface area contributed by atoms with Crippen LogP contribution in [0.5, 0.6) is 0 Å². The number of hydrogen-bond donors (Lipinski definition) is 2. The van der Waals surface area contributed by atoms with Crippen molar-refractivity contribution in [2.75, 3.05) is 5.32 Å². The molecular weight excluding hydrogens is 370 g/mol. The van der Waals surface area contributed by atoms with E-state index in [0.717, 1.165) is 0 Å². The summed E-state index contributed by atoms with van der Waals surface area (Å²) in [6, 6.07) is 2.41. The van der Waals surface area contributed by atoms with E-state index in [2.05, 4.69) is 5.32 Å². The molecule has 0 aliphatic rings. The summed E-state index contributed by atoms with van der Waals surface area (Å²) in [5, 5.41) is 20.9. The van der Waals surface area contributed by atoms with Crippen molar-refractivity contribution in [2.45, 2.75) is 26.2 Å². The van der Waals surface area contributed by atoms with Crippen LogP contribution >= 0.6 is 12.2 Å². The third-order valence-electron chi connectivity index (χ3n) is 2.99. The van der Waals surface area contributed by atoms with Crippen molar-refractivity contribution >= 4 is 22.9 Å². The zero-order chi connectivity index (χ0) is 19.6. The molecule has 0 aliphatic carbocycles. The molecule has 0 amide bonds. The molecule has 0 aliphatic heterocycles. The van der Waals surface area contributed by atoms with Gasteiger partial charge in [0.15, 0.2) is 0 Å². The van der Waals surface area contributed by atoms with Crippen LogP contribution in [0.15, 0.2) is 29.5 Å². The summed E-state index contributed by atoms with van der Waals surface area (Å²) in [6.07, 6.45) is -10.0. The average Bonchev–Trinajstić information content (AvgIpc) is 2.45. The molecule has 1 rings (SSSR count). The highest BCUT2D eigenvalue weighted by Crippen LogP contribution is 2.37. The Balaban J connectivity index is 3.37. The maximum Gasteiger partial charge on any atom is 0.416 e. The highest BCUT2D eigenvalue weighted by molar-refractivity contribution is 7.81. The Morgan fingerprint density at radius 1 is 1.08 bits per heavy atom. The lowest BCUT2D eigenvalue weighted by Crippen LogP contribution is -2.17. The molecular formula is C15H12F6N2OS. The van der Waals surface area contributed by atoms with Crippen molar-refractivity contribution in [3.05, 3.63) is 40.7 Å². The third-order valence-corrected chi connectivity index (χ3v) is 3.29. The molecule has 1 aromatic carbocycles. The number of nitrogens with one attached hydrogen (secondary N) is 1. The fourth-order valence-corrected chi connectivity index (χ4v) is 2.00. The second-order valence-corrected chi connectivity index (χ2v) is 5.68. The summed E-state index contributed by atoms with van der Waals surface area (Å²) in [5.41, 5.74) is -4.08. The van der Waals surface area contributed by atoms with Gasteiger partial charge in [-0.3, -0.25) is 0 Å². The third kappa shape index (κ3) is 5.35. The molecule has 10 heteroatoms. The first-order valence-electron chi connectivity index (χ1n) is 6.71. The molecule has 1 aromatic rings. The Hall–Kier alpha value is -2.28. The molecule has 136 valence electrons. The topological polar surface area (TPSA) is 56.0 Å². The van der Waals surface area contributed by atoms with E-state index < -0.39 is 51.4 Å². The van der Waals surface area contributed by atoms with Gasteiger partial charge in [-0.1, -0.05) is 26.1 Å². The van der Waals surface area contributed by atoms with Crippen molar-refractivity contribution in [1.29, 1.82) is 5.26 Å². The van der Waals surface area contributed by atoms with Gasteiger partial charge in [-0.15, -0.1) is 0 Å². The van der Waals surface area contributed by atoms with Crippen molar-refractivity contribution in [3.63, 3.8) is 0 Å². The largest absolute Gasteiger partial charge is 0.511 e. The van der Waals surface area contributed by atoms with Crippen LogP contribution in [0.1, 0.15) is 25.0 Å². The van der Waals surface area contributed by atoms with E-state index in [1.54, 1.807) is 6.07 Å². The van der Waals surface area contributed by atoms with Gasteiger partial charge in [0, 0.05) is 11.6 Å². The molecule has 0 bridgehead atoms. The Kier molecular flexibility index (Phi) is 6.07. The van der Waals surface area contributed by atoms with Crippen molar-refractivity contribution < 1.29 is 31.4 Å². The molecule has 2 N–H and O–H groups in total. The zero-order valence-electron chi connectivity index (χ0n) is 12.9. The van der Waals surface area contributed by atoms with Crippen LogP contribution in [-0.4, -0.2) is 10.1 Å². The molecule has 0 fully saturated rings. The summed E-state index contributed by atoms with van der Waals surface area (Å²) in [6.45, 7) is 3.06. The number of rotatable bonds is 3. The predicted molar refractivity (Wildman–Crippen MR) is 82.8 cm³/mol. The van der Waals surface area contributed by atoms with Gasteiger partial charge in [0.2, 0.25) is 0 Å². The van der Waals surface area contributed by atoms with E-state index in [9.17, 15) is 31.4 Å². The Morgan fingerprint density at radius 3 is 1.84 bits per heavy atom. The zero-order valence-corrected chi connectivity index (χ0v) is 13.7. The predicted octanol–water partition coefficient (Wildman–Crippen LogP) is 5.46. The van der Waals surface area contributed by atoms with Gasteiger partial charge in [-0.2, -0.15) is 31.6 Å². The van der Waals surface area contributed by atoms with Gasteiger partial charge in [-0.05, 0) is 18.2 Å². The molecule has 0 heterocycles. The fraction of sp³-hybridized carbons (Fsp3) is 0.333. The number of aliphatic hydroxyl groups excluding tert-OH is 1. The second-order valence-electron chi connectivity index (χ2n) is 5.28. The molecule has 0 atom stereocenters. The Bertz CT molecular complexity index is 712. The number of benzene rings is 1. The number of nitrogens with zero attached hydrogens (tertiary/aromatic N) is 1. The summed E-state index contributed by atoms with van der Waals surface area (Å²) in [7, 11) is 0. The first-order valence-corrected chi connectivity index (χ1v) is 7.12. The SMILES string of the molecule is CC(C)/C(O)=C(\C#N)C(=S)Nc1cc(C(F)(F)F)cc(C(F)(F)F)c1. The molecule has 25 heavy (non-hydrogen) atoms.